The molecule has 3 rings (SSSR count). The first-order chi connectivity index (χ1) is 14.8. The second-order valence-corrected chi connectivity index (χ2v) is 9.47. The van der Waals surface area contributed by atoms with Crippen LogP contribution in [0.3, 0.4) is 0 Å². The molecule has 8 heteroatoms. The van der Waals surface area contributed by atoms with Gasteiger partial charge in [0, 0.05) is 4.47 Å². The molecule has 0 fully saturated rings. The molecule has 0 saturated carbocycles. The Kier molecular flexibility index (Phi) is 7.48. The number of methoxy groups -OCH3 is 1. The molecular weight excluding hydrogens is 480 g/mol. The van der Waals surface area contributed by atoms with Gasteiger partial charge in [-0.2, -0.15) is 0 Å². The number of hydrogen-bond donors (Lipinski definition) is 2. The van der Waals surface area contributed by atoms with E-state index in [0.717, 1.165) is 10.0 Å². The molecule has 31 heavy (non-hydrogen) atoms. The van der Waals surface area contributed by atoms with E-state index in [2.05, 4.69) is 26.0 Å². The Morgan fingerprint density at radius 2 is 1.71 bits per heavy atom. The first kappa shape index (κ1) is 23.0. The molecule has 1 atom stereocenters. The van der Waals surface area contributed by atoms with Crippen LogP contribution in [0.15, 0.2) is 82.2 Å². The van der Waals surface area contributed by atoms with E-state index in [-0.39, 0.29) is 11.4 Å². The Morgan fingerprint density at radius 3 is 2.39 bits per heavy atom. The lowest BCUT2D eigenvalue weighted by atomic mass is 9.97. The largest absolute Gasteiger partial charge is 0.468 e. The van der Waals surface area contributed by atoms with Crippen molar-refractivity contribution >= 4 is 37.6 Å². The minimum atomic E-state index is -3.82. The molecule has 0 amide bonds. The van der Waals surface area contributed by atoms with Crippen molar-refractivity contribution in [3.63, 3.8) is 0 Å². The number of ether oxygens (including phenoxy) is 1. The second kappa shape index (κ2) is 10.1. The van der Waals surface area contributed by atoms with Crippen LogP contribution in [0.4, 0.5) is 5.69 Å². The zero-order valence-electron chi connectivity index (χ0n) is 17.1. The van der Waals surface area contributed by atoms with E-state index >= 15 is 0 Å². The summed E-state index contributed by atoms with van der Waals surface area (Å²) in [5.41, 5.74) is 2.61. The molecule has 0 saturated heterocycles. The minimum Gasteiger partial charge on any atom is -0.468 e. The number of hydrogen-bond acceptors (Lipinski definition) is 5. The topological polar surface area (TPSA) is 84.5 Å². The highest BCUT2D eigenvalue weighted by molar-refractivity contribution is 9.10. The average molecular weight is 503 g/mol. The van der Waals surface area contributed by atoms with Crippen LogP contribution < -0.4 is 10.0 Å². The lowest BCUT2D eigenvalue weighted by Crippen LogP contribution is -2.30. The number of esters is 1. The molecule has 0 radical (unpaired) electrons. The van der Waals surface area contributed by atoms with Gasteiger partial charge < -0.3 is 4.74 Å². The summed E-state index contributed by atoms with van der Waals surface area (Å²) in [5.74, 6) is -0.419. The summed E-state index contributed by atoms with van der Waals surface area (Å²) in [5, 5.41) is 3.18. The van der Waals surface area contributed by atoms with Crippen LogP contribution in [-0.2, 0) is 19.6 Å². The highest BCUT2D eigenvalue weighted by atomic mass is 79.9. The third kappa shape index (κ3) is 5.72. The zero-order chi connectivity index (χ0) is 22.4. The van der Waals surface area contributed by atoms with E-state index in [4.69, 9.17) is 4.74 Å². The number of carbonyl (C=O) groups excluding carboxylic acids is 1. The van der Waals surface area contributed by atoms with Gasteiger partial charge in [0.05, 0.1) is 30.3 Å². The predicted octanol–water partition coefficient (Wildman–Crippen LogP) is 4.41. The number of benzene rings is 3. The van der Waals surface area contributed by atoms with Gasteiger partial charge in [-0.15, -0.1) is 0 Å². The quantitative estimate of drug-likeness (QED) is 0.445. The van der Waals surface area contributed by atoms with Crippen LogP contribution in [0.25, 0.3) is 0 Å². The fraction of sp³-hybridized carbons (Fsp3) is 0.174. The Bertz CT molecular complexity index is 1170. The molecule has 0 heterocycles. The number of nitrogens with one attached hydrogen (secondary N) is 2. The number of rotatable bonds is 8. The van der Waals surface area contributed by atoms with Crippen LogP contribution in [0.5, 0.6) is 0 Å². The van der Waals surface area contributed by atoms with Crippen molar-refractivity contribution in [1.82, 2.24) is 5.32 Å². The van der Waals surface area contributed by atoms with Crippen molar-refractivity contribution in [2.75, 3.05) is 18.4 Å². The van der Waals surface area contributed by atoms with Crippen LogP contribution in [0.1, 0.15) is 22.7 Å². The number of aryl methyl sites for hydroxylation is 1. The summed E-state index contributed by atoms with van der Waals surface area (Å²) in [6.45, 7) is 1.72. The summed E-state index contributed by atoms with van der Waals surface area (Å²) in [7, 11) is -2.49. The van der Waals surface area contributed by atoms with Gasteiger partial charge in [-0.05, 0) is 47.9 Å². The lowest BCUT2D eigenvalue weighted by molar-refractivity contribution is -0.139. The summed E-state index contributed by atoms with van der Waals surface area (Å²) < 4.78 is 34.5. The molecule has 0 unspecified atom stereocenters. The third-order valence-corrected chi connectivity index (χ3v) is 6.78. The van der Waals surface area contributed by atoms with E-state index in [0.29, 0.717) is 16.8 Å². The molecule has 162 valence electrons. The van der Waals surface area contributed by atoms with Gasteiger partial charge in [-0.1, -0.05) is 64.5 Å². The fourth-order valence-corrected chi connectivity index (χ4v) is 4.95. The normalized spacial score (nSPS) is 12.2. The van der Waals surface area contributed by atoms with Crippen molar-refractivity contribution in [3.8, 4) is 0 Å². The lowest BCUT2D eigenvalue weighted by Gasteiger charge is -2.23. The molecule has 3 aromatic carbocycles. The van der Waals surface area contributed by atoms with Crippen molar-refractivity contribution in [1.29, 1.82) is 0 Å². The van der Waals surface area contributed by atoms with E-state index in [9.17, 15) is 13.2 Å². The molecule has 6 nitrogen and oxygen atoms in total. The summed E-state index contributed by atoms with van der Waals surface area (Å²) in [6.07, 6.45) is 0. The van der Waals surface area contributed by atoms with Crippen LogP contribution in [0.2, 0.25) is 0 Å². The Morgan fingerprint density at radius 1 is 1.03 bits per heavy atom. The Balaban J connectivity index is 2.05. The standard InChI is InChI=1S/C23H23BrN2O4S/c1-16-8-6-7-11-21(16)31(28,29)26-20-13-12-18(24)14-19(20)23(25-15-22(27)30-2)17-9-4-3-5-10-17/h3-14,23,25-26H,15H2,1-2H3/t23-/m0/s1. The molecule has 0 bridgehead atoms. The molecule has 0 spiro atoms. The number of sulfonamides is 1. The molecule has 3 aromatic rings. The van der Waals surface area contributed by atoms with Crippen LogP contribution >= 0.6 is 15.9 Å². The summed E-state index contributed by atoms with van der Waals surface area (Å²) in [4.78, 5) is 12.0. The first-order valence-corrected chi connectivity index (χ1v) is 11.8. The number of carbonyl (C=O) groups is 1. The number of halogens is 1. The van der Waals surface area contributed by atoms with Gasteiger partial charge >= 0.3 is 5.97 Å². The molecule has 2 N–H and O–H groups in total. The summed E-state index contributed by atoms with van der Waals surface area (Å²) >= 11 is 3.47. The van der Waals surface area contributed by atoms with Crippen LogP contribution in [0, 0.1) is 6.92 Å². The predicted molar refractivity (Wildman–Crippen MR) is 124 cm³/mol. The Hall–Kier alpha value is -2.68. The number of anilines is 1. The molecular formula is C23H23BrN2O4S. The maximum atomic E-state index is 13.1. The fourth-order valence-electron chi connectivity index (χ4n) is 3.23. The van der Waals surface area contributed by atoms with Crippen molar-refractivity contribution in [2.24, 2.45) is 0 Å². The third-order valence-electron chi connectivity index (χ3n) is 4.76. The van der Waals surface area contributed by atoms with Gasteiger partial charge in [-0.25, -0.2) is 8.42 Å². The van der Waals surface area contributed by atoms with Gasteiger partial charge in [-0.3, -0.25) is 14.8 Å². The molecule has 0 aromatic heterocycles. The molecule has 0 aliphatic heterocycles. The van der Waals surface area contributed by atoms with Gasteiger partial charge in [0.1, 0.15) is 0 Å². The van der Waals surface area contributed by atoms with Gasteiger partial charge in [0.2, 0.25) is 0 Å². The first-order valence-electron chi connectivity index (χ1n) is 9.55. The van der Waals surface area contributed by atoms with Crippen LogP contribution in [-0.4, -0.2) is 28.0 Å². The van der Waals surface area contributed by atoms with E-state index in [1.807, 2.05) is 36.4 Å². The van der Waals surface area contributed by atoms with Crippen molar-refractivity contribution in [2.45, 2.75) is 17.9 Å². The molecule has 0 aliphatic carbocycles. The van der Waals surface area contributed by atoms with Crippen molar-refractivity contribution in [3.05, 3.63) is 94.0 Å². The van der Waals surface area contributed by atoms with Crippen molar-refractivity contribution < 1.29 is 17.9 Å². The van der Waals surface area contributed by atoms with E-state index in [1.165, 1.54) is 7.11 Å². The minimum absolute atomic E-state index is 0.0352. The highest BCUT2D eigenvalue weighted by Gasteiger charge is 2.23. The average Bonchev–Trinajstić information content (AvgIpc) is 2.76. The summed E-state index contributed by atoms with van der Waals surface area (Å²) in [6, 6.07) is 21.1. The van der Waals surface area contributed by atoms with E-state index < -0.39 is 22.0 Å². The maximum absolute atomic E-state index is 13.1. The Labute approximate surface area is 190 Å². The zero-order valence-corrected chi connectivity index (χ0v) is 19.5. The highest BCUT2D eigenvalue weighted by Crippen LogP contribution is 2.33. The van der Waals surface area contributed by atoms with Gasteiger partial charge in [0.25, 0.3) is 10.0 Å². The van der Waals surface area contributed by atoms with Gasteiger partial charge in [0.15, 0.2) is 0 Å². The van der Waals surface area contributed by atoms with E-state index in [1.54, 1.807) is 43.3 Å². The maximum Gasteiger partial charge on any atom is 0.319 e. The molecule has 0 aliphatic rings. The second-order valence-electron chi connectivity index (χ2n) is 6.90. The SMILES string of the molecule is COC(=O)CN[C@@H](c1ccccc1)c1cc(Br)ccc1NS(=O)(=O)c1ccccc1C. The smallest absolute Gasteiger partial charge is 0.319 e. The monoisotopic (exact) mass is 502 g/mol.